The van der Waals surface area contributed by atoms with Crippen molar-refractivity contribution < 1.29 is 19.1 Å². The zero-order chi connectivity index (χ0) is 14.5. The topological polar surface area (TPSA) is 105 Å². The summed E-state index contributed by atoms with van der Waals surface area (Å²) in [4.78, 5) is 23.3. The second kappa shape index (κ2) is 6.49. The molecular weight excluding hydrogens is 260 g/mol. The molecule has 2 aliphatic heterocycles. The van der Waals surface area contributed by atoms with Crippen molar-refractivity contribution in [2.75, 3.05) is 13.1 Å². The van der Waals surface area contributed by atoms with Gasteiger partial charge in [0.15, 0.2) is 0 Å². The first-order valence-corrected chi connectivity index (χ1v) is 6.53. The van der Waals surface area contributed by atoms with Gasteiger partial charge in [0.05, 0.1) is 12.8 Å². The number of fused-ring (bicyclic) bond motifs is 9. The predicted octanol–water partition coefficient (Wildman–Crippen LogP) is 0.566. The molecular formula is C14H18N2O4. The van der Waals surface area contributed by atoms with E-state index in [4.69, 9.17) is 20.9 Å². The summed E-state index contributed by atoms with van der Waals surface area (Å²) < 4.78 is 10.5. The van der Waals surface area contributed by atoms with Crippen LogP contribution in [-0.2, 0) is 19.1 Å². The van der Waals surface area contributed by atoms with Gasteiger partial charge in [0.25, 0.3) is 0 Å². The van der Waals surface area contributed by atoms with Gasteiger partial charge >= 0.3 is 11.9 Å². The molecule has 1 aromatic carbocycles. The number of carbonyl (C=O) groups excluding carboxylic acids is 2. The summed E-state index contributed by atoms with van der Waals surface area (Å²) in [6, 6.07) is 7.22. The molecule has 4 N–H and O–H groups in total. The first kappa shape index (κ1) is 14.5. The highest BCUT2D eigenvalue weighted by molar-refractivity contribution is 5.78. The normalized spacial score (nSPS) is 23.5. The Balaban J connectivity index is 2.33. The first-order valence-electron chi connectivity index (χ1n) is 6.53. The van der Waals surface area contributed by atoms with Crippen LogP contribution in [0.3, 0.4) is 0 Å². The van der Waals surface area contributed by atoms with Crippen molar-refractivity contribution in [3.63, 3.8) is 0 Å². The Labute approximate surface area is 117 Å². The SMILES string of the molecule is NCC1OC(=O)CCC(=O)OC(CN)c2ccc1cc2. The molecule has 6 nitrogen and oxygen atoms in total. The van der Waals surface area contributed by atoms with Crippen molar-refractivity contribution in [3.05, 3.63) is 35.4 Å². The van der Waals surface area contributed by atoms with E-state index >= 15 is 0 Å². The smallest absolute Gasteiger partial charge is 0.307 e. The second-order valence-electron chi connectivity index (χ2n) is 4.60. The maximum Gasteiger partial charge on any atom is 0.307 e. The minimum Gasteiger partial charge on any atom is -0.456 e. The van der Waals surface area contributed by atoms with E-state index in [2.05, 4.69) is 0 Å². The van der Waals surface area contributed by atoms with Crippen LogP contribution in [0.2, 0.25) is 0 Å². The van der Waals surface area contributed by atoms with Crippen LogP contribution >= 0.6 is 0 Å². The zero-order valence-electron chi connectivity index (χ0n) is 11.1. The summed E-state index contributed by atoms with van der Waals surface area (Å²) in [5.41, 5.74) is 12.9. The summed E-state index contributed by atoms with van der Waals surface area (Å²) in [5.74, 6) is -0.933. The highest BCUT2D eigenvalue weighted by atomic mass is 16.6. The van der Waals surface area contributed by atoms with E-state index in [1.807, 2.05) is 0 Å². The van der Waals surface area contributed by atoms with Crippen LogP contribution in [0.5, 0.6) is 0 Å². The molecule has 20 heavy (non-hydrogen) atoms. The third kappa shape index (κ3) is 3.34. The Hall–Kier alpha value is -1.92. The highest BCUT2D eigenvalue weighted by Crippen LogP contribution is 2.23. The van der Waals surface area contributed by atoms with E-state index in [1.54, 1.807) is 24.3 Å². The number of esters is 2. The number of carbonyl (C=O) groups is 2. The molecule has 1 aromatic rings. The first-order chi connectivity index (χ1) is 9.63. The molecule has 3 rings (SSSR count). The zero-order valence-corrected chi connectivity index (χ0v) is 11.1. The molecule has 2 aliphatic rings. The molecule has 0 aliphatic carbocycles. The number of nitrogens with two attached hydrogens (primary N) is 2. The van der Waals surface area contributed by atoms with Gasteiger partial charge in [0, 0.05) is 13.1 Å². The Morgan fingerprint density at radius 1 is 0.850 bits per heavy atom. The van der Waals surface area contributed by atoms with Gasteiger partial charge in [0.2, 0.25) is 0 Å². The largest absolute Gasteiger partial charge is 0.456 e. The van der Waals surface area contributed by atoms with Gasteiger partial charge in [-0.1, -0.05) is 24.3 Å². The lowest BCUT2D eigenvalue weighted by atomic mass is 10.0. The van der Waals surface area contributed by atoms with Crippen LogP contribution in [0.15, 0.2) is 24.3 Å². The molecule has 0 radical (unpaired) electrons. The van der Waals surface area contributed by atoms with Crippen molar-refractivity contribution in [1.29, 1.82) is 0 Å². The summed E-state index contributed by atoms with van der Waals surface area (Å²) in [6.45, 7) is 0.381. The average Bonchev–Trinajstić information content (AvgIpc) is 2.47. The van der Waals surface area contributed by atoms with Gasteiger partial charge in [-0.25, -0.2) is 0 Å². The van der Waals surface area contributed by atoms with Crippen LogP contribution < -0.4 is 11.5 Å². The molecule has 0 spiro atoms. The number of rotatable bonds is 2. The molecule has 2 atom stereocenters. The Kier molecular flexibility index (Phi) is 4.70. The summed E-state index contributed by atoms with van der Waals surface area (Å²) in [7, 11) is 0. The summed E-state index contributed by atoms with van der Waals surface area (Å²) in [6.07, 6.45) is -1.04. The Morgan fingerprint density at radius 3 is 1.50 bits per heavy atom. The van der Waals surface area contributed by atoms with Crippen LogP contribution in [0.25, 0.3) is 0 Å². The predicted molar refractivity (Wildman–Crippen MR) is 71.5 cm³/mol. The lowest BCUT2D eigenvalue weighted by Gasteiger charge is -2.21. The fraction of sp³-hybridized carbons (Fsp3) is 0.429. The van der Waals surface area contributed by atoms with Gasteiger partial charge in [-0.15, -0.1) is 0 Å². The van der Waals surface area contributed by atoms with Crippen LogP contribution in [-0.4, -0.2) is 25.0 Å². The second-order valence-corrected chi connectivity index (χ2v) is 4.60. The van der Waals surface area contributed by atoms with Crippen LogP contribution in [0.1, 0.15) is 36.2 Å². The Bertz CT molecular complexity index is 441. The van der Waals surface area contributed by atoms with E-state index in [1.165, 1.54) is 0 Å². The van der Waals surface area contributed by atoms with Crippen LogP contribution in [0, 0.1) is 0 Å². The highest BCUT2D eigenvalue weighted by Gasteiger charge is 2.21. The van der Waals surface area contributed by atoms with Crippen molar-refractivity contribution in [2.24, 2.45) is 11.5 Å². The molecule has 108 valence electrons. The molecule has 0 fully saturated rings. The molecule has 0 amide bonds. The summed E-state index contributed by atoms with van der Waals surface area (Å²) >= 11 is 0. The Morgan fingerprint density at radius 2 is 1.20 bits per heavy atom. The van der Waals surface area contributed by atoms with Gasteiger partial charge < -0.3 is 20.9 Å². The lowest BCUT2D eigenvalue weighted by Crippen LogP contribution is -2.23. The molecule has 0 saturated carbocycles. The summed E-state index contributed by atoms with van der Waals surface area (Å²) in [5, 5.41) is 0. The molecule has 0 saturated heterocycles. The van der Waals surface area contributed by atoms with Crippen molar-refractivity contribution in [3.8, 4) is 0 Å². The van der Waals surface area contributed by atoms with E-state index in [9.17, 15) is 9.59 Å². The van der Waals surface area contributed by atoms with Crippen molar-refractivity contribution in [2.45, 2.75) is 25.0 Å². The fourth-order valence-electron chi connectivity index (χ4n) is 2.07. The standard InChI is InChI=1S/C14H18N2O4/c15-7-11-9-1-2-10(4-3-9)12(8-16)20-14(18)6-5-13(17)19-11/h1-4,11-12H,5-8,15-16H2. The lowest BCUT2D eigenvalue weighted by molar-refractivity contribution is -0.156. The van der Waals surface area contributed by atoms with Gasteiger partial charge in [-0.05, 0) is 11.1 Å². The monoisotopic (exact) mass is 278 g/mol. The number of benzene rings is 1. The minimum absolute atomic E-state index is 0.0251. The number of hydrogen-bond acceptors (Lipinski definition) is 6. The molecule has 2 bridgehead atoms. The van der Waals surface area contributed by atoms with E-state index in [-0.39, 0.29) is 25.9 Å². The molecule has 6 heteroatoms. The quantitative estimate of drug-likeness (QED) is 0.766. The number of hydrogen-bond donors (Lipinski definition) is 2. The van der Waals surface area contributed by atoms with Crippen molar-refractivity contribution >= 4 is 11.9 Å². The minimum atomic E-state index is -0.497. The van der Waals surface area contributed by atoms with E-state index in [0.29, 0.717) is 0 Å². The van der Waals surface area contributed by atoms with Crippen molar-refractivity contribution in [1.82, 2.24) is 0 Å². The van der Waals surface area contributed by atoms with E-state index in [0.717, 1.165) is 11.1 Å². The molecule has 2 unspecified atom stereocenters. The molecule has 0 aromatic heterocycles. The van der Waals surface area contributed by atoms with Gasteiger partial charge in [-0.3, -0.25) is 9.59 Å². The third-order valence-corrected chi connectivity index (χ3v) is 3.19. The molecule has 2 heterocycles. The maximum absolute atomic E-state index is 11.7. The third-order valence-electron chi connectivity index (χ3n) is 3.19. The number of ether oxygens (including phenoxy) is 2. The van der Waals surface area contributed by atoms with E-state index < -0.39 is 24.1 Å². The van der Waals surface area contributed by atoms with Gasteiger partial charge in [0.1, 0.15) is 12.2 Å². The van der Waals surface area contributed by atoms with Crippen LogP contribution in [0.4, 0.5) is 0 Å². The average molecular weight is 278 g/mol. The fourth-order valence-corrected chi connectivity index (χ4v) is 2.07. The van der Waals surface area contributed by atoms with Gasteiger partial charge in [-0.2, -0.15) is 0 Å². The maximum atomic E-state index is 11.7.